The first-order valence-corrected chi connectivity index (χ1v) is 5.36. The molecule has 1 aliphatic heterocycles. The van der Waals surface area contributed by atoms with Gasteiger partial charge in [-0.3, -0.25) is 0 Å². The number of aromatic nitrogens is 1. The van der Waals surface area contributed by atoms with Gasteiger partial charge in [0.2, 0.25) is 0 Å². The third-order valence-corrected chi connectivity index (χ3v) is 2.92. The Bertz CT molecular complexity index is 323. The topological polar surface area (TPSA) is 48.4 Å². The minimum Gasteiger partial charge on any atom is -0.504 e. The number of nitrogens with zero attached hydrogens (tertiary/aromatic N) is 2. The summed E-state index contributed by atoms with van der Waals surface area (Å²) < 4.78 is 0. The molecule has 1 aliphatic rings. The number of hydrogen-bond acceptors (Lipinski definition) is 4. The lowest BCUT2D eigenvalue weighted by molar-refractivity contribution is 0.431. The second kappa shape index (κ2) is 4.49. The first-order valence-electron chi connectivity index (χ1n) is 5.36. The first-order chi connectivity index (χ1) is 7.29. The number of aromatic hydroxyl groups is 1. The Morgan fingerprint density at radius 1 is 1.60 bits per heavy atom. The molecule has 0 amide bonds. The van der Waals surface area contributed by atoms with Crippen LogP contribution in [0.25, 0.3) is 0 Å². The van der Waals surface area contributed by atoms with E-state index in [1.165, 1.54) is 6.42 Å². The fourth-order valence-corrected chi connectivity index (χ4v) is 2.00. The van der Waals surface area contributed by atoms with E-state index >= 15 is 0 Å². The second-order valence-corrected chi connectivity index (χ2v) is 3.96. The zero-order valence-electron chi connectivity index (χ0n) is 8.98. The number of likely N-dealkylation sites (N-methyl/N-ethyl adjacent to an activating group) is 1. The number of pyridine rings is 1. The molecule has 1 aromatic heterocycles. The van der Waals surface area contributed by atoms with Gasteiger partial charge in [-0.2, -0.15) is 0 Å². The van der Waals surface area contributed by atoms with Crippen LogP contribution in [0.2, 0.25) is 0 Å². The molecule has 0 bridgehead atoms. The van der Waals surface area contributed by atoms with Crippen molar-refractivity contribution in [2.45, 2.75) is 18.9 Å². The van der Waals surface area contributed by atoms with Crippen molar-refractivity contribution in [3.8, 4) is 5.75 Å². The van der Waals surface area contributed by atoms with Crippen LogP contribution in [0.15, 0.2) is 18.3 Å². The van der Waals surface area contributed by atoms with Crippen LogP contribution in [0.3, 0.4) is 0 Å². The number of rotatable bonds is 2. The summed E-state index contributed by atoms with van der Waals surface area (Å²) in [4.78, 5) is 6.26. The Kier molecular flexibility index (Phi) is 3.06. The molecule has 0 saturated carbocycles. The SMILES string of the molecule is CN(c1ncccc1O)[C@@H]1CCCNC1. The van der Waals surface area contributed by atoms with Gasteiger partial charge in [-0.05, 0) is 31.5 Å². The number of piperidine rings is 1. The molecule has 0 spiro atoms. The molecule has 1 aromatic rings. The summed E-state index contributed by atoms with van der Waals surface area (Å²) in [5.41, 5.74) is 0. The normalized spacial score (nSPS) is 21.3. The average molecular weight is 207 g/mol. The van der Waals surface area contributed by atoms with E-state index in [2.05, 4.69) is 15.2 Å². The Morgan fingerprint density at radius 3 is 3.13 bits per heavy atom. The molecule has 1 fully saturated rings. The van der Waals surface area contributed by atoms with Crippen molar-refractivity contribution in [2.75, 3.05) is 25.0 Å². The standard InChI is InChI=1S/C11H17N3O/c1-14(9-4-2-6-12-8-9)11-10(15)5-3-7-13-11/h3,5,7,9,12,15H,2,4,6,8H2,1H3/t9-/m1/s1. The molecule has 0 aromatic carbocycles. The summed E-state index contributed by atoms with van der Waals surface area (Å²) in [6.45, 7) is 2.06. The zero-order chi connectivity index (χ0) is 10.7. The Morgan fingerprint density at radius 2 is 2.47 bits per heavy atom. The van der Waals surface area contributed by atoms with Crippen LogP contribution in [0.4, 0.5) is 5.82 Å². The predicted octanol–water partition coefficient (Wildman–Crippen LogP) is 0.975. The summed E-state index contributed by atoms with van der Waals surface area (Å²) >= 11 is 0. The van der Waals surface area contributed by atoms with E-state index in [0.29, 0.717) is 11.9 Å². The Balaban J connectivity index is 2.12. The lowest BCUT2D eigenvalue weighted by Crippen LogP contribution is -2.44. The number of hydrogen-bond donors (Lipinski definition) is 2. The summed E-state index contributed by atoms with van der Waals surface area (Å²) in [5, 5.41) is 13.0. The highest BCUT2D eigenvalue weighted by molar-refractivity contribution is 5.51. The molecule has 2 rings (SSSR count). The van der Waals surface area contributed by atoms with Gasteiger partial charge in [0.25, 0.3) is 0 Å². The second-order valence-electron chi connectivity index (χ2n) is 3.96. The third-order valence-electron chi connectivity index (χ3n) is 2.92. The summed E-state index contributed by atoms with van der Waals surface area (Å²) in [6, 6.07) is 3.85. The van der Waals surface area contributed by atoms with E-state index in [0.717, 1.165) is 19.5 Å². The molecule has 1 saturated heterocycles. The van der Waals surface area contributed by atoms with Gasteiger partial charge < -0.3 is 15.3 Å². The highest BCUT2D eigenvalue weighted by atomic mass is 16.3. The van der Waals surface area contributed by atoms with E-state index in [4.69, 9.17) is 0 Å². The fraction of sp³-hybridized carbons (Fsp3) is 0.545. The van der Waals surface area contributed by atoms with Gasteiger partial charge in [-0.25, -0.2) is 4.98 Å². The van der Waals surface area contributed by atoms with E-state index in [1.54, 1.807) is 18.3 Å². The molecule has 4 nitrogen and oxygen atoms in total. The van der Waals surface area contributed by atoms with E-state index in [-0.39, 0.29) is 5.75 Å². The molecule has 0 radical (unpaired) electrons. The molecular formula is C11H17N3O. The van der Waals surface area contributed by atoms with E-state index < -0.39 is 0 Å². The lowest BCUT2D eigenvalue weighted by Gasteiger charge is -2.32. The molecule has 82 valence electrons. The smallest absolute Gasteiger partial charge is 0.171 e. The summed E-state index contributed by atoms with van der Waals surface area (Å²) in [5.74, 6) is 0.928. The minimum absolute atomic E-state index is 0.255. The molecule has 2 N–H and O–H groups in total. The van der Waals surface area contributed by atoms with Gasteiger partial charge in [-0.1, -0.05) is 0 Å². The van der Waals surface area contributed by atoms with Crippen molar-refractivity contribution in [3.05, 3.63) is 18.3 Å². The highest BCUT2D eigenvalue weighted by Gasteiger charge is 2.20. The zero-order valence-corrected chi connectivity index (χ0v) is 8.98. The monoisotopic (exact) mass is 207 g/mol. The molecule has 4 heteroatoms. The molecule has 2 heterocycles. The molecular weight excluding hydrogens is 190 g/mol. The molecule has 15 heavy (non-hydrogen) atoms. The maximum Gasteiger partial charge on any atom is 0.171 e. The van der Waals surface area contributed by atoms with Crippen LogP contribution < -0.4 is 10.2 Å². The lowest BCUT2D eigenvalue weighted by atomic mass is 10.1. The Hall–Kier alpha value is -1.29. The van der Waals surface area contributed by atoms with Crippen LogP contribution in [-0.4, -0.2) is 36.3 Å². The largest absolute Gasteiger partial charge is 0.504 e. The Labute approximate surface area is 89.9 Å². The van der Waals surface area contributed by atoms with Crippen molar-refractivity contribution in [3.63, 3.8) is 0 Å². The number of anilines is 1. The van der Waals surface area contributed by atoms with E-state index in [1.807, 2.05) is 7.05 Å². The number of nitrogens with one attached hydrogen (secondary N) is 1. The molecule has 1 atom stereocenters. The fourth-order valence-electron chi connectivity index (χ4n) is 2.00. The summed E-state index contributed by atoms with van der Waals surface area (Å²) in [6.07, 6.45) is 4.05. The van der Waals surface area contributed by atoms with E-state index in [9.17, 15) is 5.11 Å². The third kappa shape index (κ3) is 2.21. The molecule has 0 unspecified atom stereocenters. The summed E-state index contributed by atoms with van der Waals surface area (Å²) in [7, 11) is 1.99. The van der Waals surface area contributed by atoms with Crippen LogP contribution >= 0.6 is 0 Å². The van der Waals surface area contributed by atoms with Gasteiger partial charge in [0.15, 0.2) is 11.6 Å². The van der Waals surface area contributed by atoms with Gasteiger partial charge in [-0.15, -0.1) is 0 Å². The van der Waals surface area contributed by atoms with Crippen LogP contribution in [0, 0.1) is 0 Å². The maximum atomic E-state index is 9.69. The quantitative estimate of drug-likeness (QED) is 0.759. The van der Waals surface area contributed by atoms with Crippen molar-refractivity contribution in [2.24, 2.45) is 0 Å². The van der Waals surface area contributed by atoms with Crippen molar-refractivity contribution >= 4 is 5.82 Å². The van der Waals surface area contributed by atoms with Gasteiger partial charge in [0.1, 0.15) is 0 Å². The van der Waals surface area contributed by atoms with Crippen molar-refractivity contribution in [1.82, 2.24) is 10.3 Å². The highest BCUT2D eigenvalue weighted by Crippen LogP contribution is 2.25. The van der Waals surface area contributed by atoms with Gasteiger partial charge in [0.05, 0.1) is 0 Å². The van der Waals surface area contributed by atoms with Crippen molar-refractivity contribution < 1.29 is 5.11 Å². The molecule has 0 aliphatic carbocycles. The average Bonchev–Trinajstić information content (AvgIpc) is 2.30. The minimum atomic E-state index is 0.255. The van der Waals surface area contributed by atoms with Crippen LogP contribution in [0.1, 0.15) is 12.8 Å². The van der Waals surface area contributed by atoms with Gasteiger partial charge >= 0.3 is 0 Å². The van der Waals surface area contributed by atoms with Crippen molar-refractivity contribution in [1.29, 1.82) is 0 Å². The van der Waals surface area contributed by atoms with Crippen LogP contribution in [0.5, 0.6) is 5.75 Å². The van der Waals surface area contributed by atoms with Gasteiger partial charge in [0, 0.05) is 25.8 Å². The predicted molar refractivity (Wildman–Crippen MR) is 60.2 cm³/mol. The van der Waals surface area contributed by atoms with Crippen LogP contribution in [-0.2, 0) is 0 Å². The maximum absolute atomic E-state index is 9.69. The first kappa shape index (κ1) is 10.2.